The zero-order chi connectivity index (χ0) is 12.4. The van der Waals surface area contributed by atoms with Crippen molar-refractivity contribution in [3.05, 3.63) is 45.8 Å². The second-order valence-electron chi connectivity index (χ2n) is 3.42. The highest BCUT2D eigenvalue weighted by Gasteiger charge is 2.12. The molecular weight excluding hydrogens is 349 g/mol. The van der Waals surface area contributed by atoms with Crippen LogP contribution in [0, 0.1) is 3.57 Å². The lowest BCUT2D eigenvalue weighted by Gasteiger charge is -2.07. The van der Waals surface area contributed by atoms with Crippen LogP contribution in [-0.2, 0) is 0 Å². The Morgan fingerprint density at radius 1 is 1.41 bits per heavy atom. The Kier molecular flexibility index (Phi) is 3.78. The molecule has 0 aliphatic rings. The maximum atomic E-state index is 11.1. The van der Waals surface area contributed by atoms with Crippen molar-refractivity contribution < 1.29 is 9.90 Å². The van der Waals surface area contributed by atoms with Crippen molar-refractivity contribution in [3.8, 4) is 5.69 Å². The molecule has 1 N–H and O–H groups in total. The van der Waals surface area contributed by atoms with Gasteiger partial charge in [0.25, 0.3) is 0 Å². The average Bonchev–Trinajstić information content (AvgIpc) is 2.72. The number of halogens is 1. The van der Waals surface area contributed by atoms with Crippen molar-refractivity contribution in [2.24, 2.45) is 0 Å². The Bertz CT molecular complexity index is 565. The molecule has 0 atom stereocenters. The number of hydrogen-bond acceptors (Lipinski definition) is 2. The van der Waals surface area contributed by atoms with Crippen molar-refractivity contribution in [2.75, 3.05) is 6.26 Å². The molecule has 2 rings (SSSR count). The standard InChI is InChI=1S/C12H10INO2S/c1-17-10-4-2-3-9(6-10)14-7-8(13)5-11(14)12(15)16/h2-7H,1H3,(H,15,16). The molecule has 0 amide bonds. The molecule has 3 nitrogen and oxygen atoms in total. The molecule has 17 heavy (non-hydrogen) atoms. The molecule has 1 aromatic carbocycles. The number of rotatable bonds is 3. The number of carbonyl (C=O) groups is 1. The first-order valence-electron chi connectivity index (χ1n) is 4.87. The molecule has 0 saturated heterocycles. The van der Waals surface area contributed by atoms with Crippen LogP contribution in [0.3, 0.4) is 0 Å². The lowest BCUT2D eigenvalue weighted by atomic mass is 10.3. The van der Waals surface area contributed by atoms with Crippen molar-refractivity contribution in [1.82, 2.24) is 4.57 Å². The maximum absolute atomic E-state index is 11.1. The monoisotopic (exact) mass is 359 g/mol. The largest absolute Gasteiger partial charge is 0.477 e. The zero-order valence-corrected chi connectivity index (χ0v) is 12.0. The number of aromatic carboxylic acids is 1. The van der Waals surface area contributed by atoms with Gasteiger partial charge in [0, 0.05) is 20.3 Å². The predicted octanol–water partition coefficient (Wildman–Crippen LogP) is 3.50. The second kappa shape index (κ2) is 5.14. The number of benzene rings is 1. The maximum Gasteiger partial charge on any atom is 0.352 e. The van der Waals surface area contributed by atoms with Gasteiger partial charge in [-0.15, -0.1) is 11.8 Å². The van der Waals surface area contributed by atoms with Crippen LogP contribution < -0.4 is 0 Å². The van der Waals surface area contributed by atoms with E-state index in [-0.39, 0.29) is 5.69 Å². The first kappa shape index (κ1) is 12.5. The van der Waals surface area contributed by atoms with E-state index in [1.165, 1.54) is 0 Å². The van der Waals surface area contributed by atoms with Gasteiger partial charge in [0.05, 0.1) is 0 Å². The zero-order valence-electron chi connectivity index (χ0n) is 9.05. The predicted molar refractivity (Wildman–Crippen MR) is 77.2 cm³/mol. The summed E-state index contributed by atoms with van der Waals surface area (Å²) in [5.74, 6) is -0.914. The van der Waals surface area contributed by atoms with Gasteiger partial charge in [0.15, 0.2) is 0 Å². The molecule has 0 aliphatic heterocycles. The fourth-order valence-corrected chi connectivity index (χ4v) is 2.60. The minimum absolute atomic E-state index is 0.285. The van der Waals surface area contributed by atoms with E-state index in [9.17, 15) is 4.79 Å². The Morgan fingerprint density at radius 3 is 2.82 bits per heavy atom. The summed E-state index contributed by atoms with van der Waals surface area (Å²) in [6.45, 7) is 0. The average molecular weight is 359 g/mol. The van der Waals surface area contributed by atoms with Crippen molar-refractivity contribution >= 4 is 40.3 Å². The summed E-state index contributed by atoms with van der Waals surface area (Å²) in [5.41, 5.74) is 1.16. The number of hydrogen-bond donors (Lipinski definition) is 1. The smallest absolute Gasteiger partial charge is 0.352 e. The summed E-state index contributed by atoms with van der Waals surface area (Å²) in [5, 5.41) is 9.14. The molecule has 1 aromatic heterocycles. The first-order chi connectivity index (χ1) is 8.11. The van der Waals surface area contributed by atoms with Crippen molar-refractivity contribution in [1.29, 1.82) is 0 Å². The molecule has 0 bridgehead atoms. The molecule has 5 heteroatoms. The molecule has 0 saturated carbocycles. The van der Waals surface area contributed by atoms with Crippen LogP contribution in [0.15, 0.2) is 41.4 Å². The van der Waals surface area contributed by atoms with Gasteiger partial charge in [-0.1, -0.05) is 6.07 Å². The summed E-state index contributed by atoms with van der Waals surface area (Å²) >= 11 is 3.75. The van der Waals surface area contributed by atoms with Gasteiger partial charge < -0.3 is 9.67 Å². The minimum atomic E-state index is -0.914. The van der Waals surface area contributed by atoms with Crippen LogP contribution in [0.4, 0.5) is 0 Å². The van der Waals surface area contributed by atoms with E-state index in [1.54, 1.807) is 22.4 Å². The van der Waals surface area contributed by atoms with E-state index >= 15 is 0 Å². The van der Waals surface area contributed by atoms with Gasteiger partial charge in [0.1, 0.15) is 5.69 Å². The van der Waals surface area contributed by atoms with Crippen molar-refractivity contribution in [2.45, 2.75) is 4.90 Å². The van der Waals surface area contributed by atoms with Gasteiger partial charge in [-0.2, -0.15) is 0 Å². The SMILES string of the molecule is CSc1cccc(-n2cc(I)cc2C(=O)O)c1. The molecule has 0 aliphatic carbocycles. The fraction of sp³-hybridized carbons (Fsp3) is 0.0833. The lowest BCUT2D eigenvalue weighted by Crippen LogP contribution is -2.05. The van der Waals surface area contributed by atoms with Gasteiger partial charge in [0.2, 0.25) is 0 Å². The highest BCUT2D eigenvalue weighted by molar-refractivity contribution is 14.1. The number of carboxylic acids is 1. The van der Waals surface area contributed by atoms with E-state index < -0.39 is 5.97 Å². The number of nitrogens with zero attached hydrogens (tertiary/aromatic N) is 1. The second-order valence-corrected chi connectivity index (χ2v) is 5.55. The van der Waals surface area contributed by atoms with Crippen LogP contribution in [0.5, 0.6) is 0 Å². The van der Waals surface area contributed by atoms with E-state index in [2.05, 4.69) is 22.6 Å². The first-order valence-corrected chi connectivity index (χ1v) is 7.18. The highest BCUT2D eigenvalue weighted by Crippen LogP contribution is 2.22. The van der Waals surface area contributed by atoms with Crippen molar-refractivity contribution in [3.63, 3.8) is 0 Å². The molecule has 0 radical (unpaired) electrons. The Labute approximate surface area is 117 Å². The molecule has 0 unspecified atom stereocenters. The quantitative estimate of drug-likeness (QED) is 0.674. The van der Waals surface area contributed by atoms with E-state index in [1.807, 2.05) is 36.7 Å². The molecular formula is C12H10INO2S. The van der Waals surface area contributed by atoms with Gasteiger partial charge in [-0.25, -0.2) is 4.79 Å². The number of aromatic nitrogens is 1. The summed E-state index contributed by atoms with van der Waals surface area (Å²) in [4.78, 5) is 12.2. The Morgan fingerprint density at radius 2 is 2.18 bits per heavy atom. The van der Waals surface area contributed by atoms with Crippen LogP contribution in [-0.4, -0.2) is 21.9 Å². The third-order valence-corrected chi connectivity index (χ3v) is 3.65. The van der Waals surface area contributed by atoms with Crippen LogP contribution in [0.2, 0.25) is 0 Å². The van der Waals surface area contributed by atoms with Crippen LogP contribution in [0.25, 0.3) is 5.69 Å². The highest BCUT2D eigenvalue weighted by atomic mass is 127. The van der Waals surface area contributed by atoms with E-state index in [4.69, 9.17) is 5.11 Å². The molecule has 2 aromatic rings. The van der Waals surface area contributed by atoms with Gasteiger partial charge >= 0.3 is 5.97 Å². The number of carboxylic acid groups (broad SMARTS) is 1. The van der Waals surface area contributed by atoms with E-state index in [0.717, 1.165) is 14.2 Å². The molecule has 0 fully saturated rings. The minimum Gasteiger partial charge on any atom is -0.477 e. The van der Waals surface area contributed by atoms with Crippen LogP contribution in [0.1, 0.15) is 10.5 Å². The molecule has 1 heterocycles. The Hall–Kier alpha value is -0.950. The van der Waals surface area contributed by atoms with Crippen LogP contribution >= 0.6 is 34.4 Å². The molecule has 88 valence electrons. The third kappa shape index (κ3) is 2.66. The third-order valence-electron chi connectivity index (χ3n) is 2.34. The molecule has 0 spiro atoms. The van der Waals surface area contributed by atoms with Gasteiger partial charge in [-0.05, 0) is 53.1 Å². The summed E-state index contributed by atoms with van der Waals surface area (Å²) < 4.78 is 2.61. The Balaban J connectivity index is 2.55. The lowest BCUT2D eigenvalue weighted by molar-refractivity contribution is 0.0688. The number of thioether (sulfide) groups is 1. The summed E-state index contributed by atoms with van der Waals surface area (Å²) in [6.07, 6.45) is 3.82. The summed E-state index contributed by atoms with van der Waals surface area (Å²) in [7, 11) is 0. The van der Waals surface area contributed by atoms with E-state index in [0.29, 0.717) is 0 Å². The topological polar surface area (TPSA) is 42.2 Å². The normalized spacial score (nSPS) is 10.5. The summed E-state index contributed by atoms with van der Waals surface area (Å²) in [6, 6.07) is 9.48. The van der Waals surface area contributed by atoms with Gasteiger partial charge in [-0.3, -0.25) is 0 Å². The fourth-order valence-electron chi connectivity index (χ4n) is 1.57.